The van der Waals surface area contributed by atoms with E-state index in [2.05, 4.69) is 15.6 Å². The fourth-order valence-electron chi connectivity index (χ4n) is 2.08. The molecule has 0 radical (unpaired) electrons. The molecule has 0 saturated carbocycles. The van der Waals surface area contributed by atoms with Gasteiger partial charge in [-0.25, -0.2) is 9.78 Å². The molecule has 0 saturated heterocycles. The van der Waals surface area contributed by atoms with Crippen LogP contribution in [-0.2, 0) is 11.3 Å². The van der Waals surface area contributed by atoms with Gasteiger partial charge in [0.25, 0.3) is 0 Å². The van der Waals surface area contributed by atoms with Gasteiger partial charge in [0.05, 0.1) is 30.0 Å². The first-order chi connectivity index (χ1) is 11.4. The Morgan fingerprint density at radius 2 is 2.08 bits per heavy atom. The molecular weight excluding hydrogens is 328 g/mol. The molecule has 7 nitrogen and oxygen atoms in total. The molecule has 1 aromatic heterocycles. The van der Waals surface area contributed by atoms with E-state index >= 15 is 0 Å². The number of methoxy groups -OCH3 is 1. The zero-order valence-corrected chi connectivity index (χ0v) is 14.9. The number of carbonyl (C=O) groups excluding carboxylic acids is 2. The number of rotatable bonds is 5. The second kappa shape index (κ2) is 7.78. The van der Waals surface area contributed by atoms with Crippen LogP contribution in [0, 0.1) is 6.92 Å². The van der Waals surface area contributed by atoms with Crippen molar-refractivity contribution in [3.05, 3.63) is 34.3 Å². The summed E-state index contributed by atoms with van der Waals surface area (Å²) in [4.78, 5) is 29.3. The lowest BCUT2D eigenvalue weighted by Gasteiger charge is -2.18. The number of nitrogens with zero attached hydrogens (tertiary/aromatic N) is 2. The highest BCUT2D eigenvalue weighted by Gasteiger charge is 2.13. The molecule has 0 fully saturated rings. The lowest BCUT2D eigenvalue weighted by molar-refractivity contribution is -0.114. The Morgan fingerprint density at radius 1 is 1.33 bits per heavy atom. The lowest BCUT2D eigenvalue weighted by atomic mass is 10.2. The zero-order chi connectivity index (χ0) is 17.7. The molecule has 8 heteroatoms. The maximum atomic E-state index is 12.3. The number of aromatic nitrogens is 1. The van der Waals surface area contributed by atoms with Crippen molar-refractivity contribution in [2.45, 2.75) is 20.4 Å². The monoisotopic (exact) mass is 348 g/mol. The van der Waals surface area contributed by atoms with Crippen molar-refractivity contribution in [3.8, 4) is 5.75 Å². The van der Waals surface area contributed by atoms with Crippen LogP contribution in [0.2, 0.25) is 0 Å². The summed E-state index contributed by atoms with van der Waals surface area (Å²) in [5, 5.41) is 8.37. The quantitative estimate of drug-likeness (QED) is 0.870. The van der Waals surface area contributed by atoms with E-state index in [0.29, 0.717) is 23.7 Å². The molecule has 0 atom stereocenters. The van der Waals surface area contributed by atoms with E-state index in [-0.39, 0.29) is 11.9 Å². The van der Waals surface area contributed by atoms with Gasteiger partial charge >= 0.3 is 6.03 Å². The third kappa shape index (κ3) is 4.69. The molecule has 2 rings (SSSR count). The largest absolute Gasteiger partial charge is 0.494 e. The van der Waals surface area contributed by atoms with Crippen molar-refractivity contribution in [3.63, 3.8) is 0 Å². The van der Waals surface area contributed by atoms with Crippen LogP contribution in [-0.4, -0.2) is 36.0 Å². The average Bonchev–Trinajstić information content (AvgIpc) is 2.93. The number of nitrogens with one attached hydrogen (secondary N) is 2. The minimum absolute atomic E-state index is 0.191. The van der Waals surface area contributed by atoms with Crippen LogP contribution >= 0.6 is 11.3 Å². The van der Waals surface area contributed by atoms with E-state index in [1.54, 1.807) is 41.5 Å². The van der Waals surface area contributed by atoms with Gasteiger partial charge in [-0.3, -0.25) is 4.79 Å². The number of aryl methyl sites for hydroxylation is 1. The molecule has 0 unspecified atom stereocenters. The van der Waals surface area contributed by atoms with Gasteiger partial charge in [0.2, 0.25) is 5.91 Å². The summed E-state index contributed by atoms with van der Waals surface area (Å²) in [5.74, 6) is 0.282. The summed E-state index contributed by atoms with van der Waals surface area (Å²) in [6.45, 7) is 3.78. The van der Waals surface area contributed by atoms with Gasteiger partial charge in [0.1, 0.15) is 5.75 Å². The van der Waals surface area contributed by atoms with Crippen LogP contribution in [0.25, 0.3) is 0 Å². The molecular formula is C16H20N4O3S. The van der Waals surface area contributed by atoms with E-state index < -0.39 is 0 Å². The Balaban J connectivity index is 2.03. The van der Waals surface area contributed by atoms with E-state index in [0.717, 1.165) is 10.7 Å². The molecule has 24 heavy (non-hydrogen) atoms. The summed E-state index contributed by atoms with van der Waals surface area (Å²) >= 11 is 1.55. The molecule has 2 N–H and O–H groups in total. The number of ether oxygens (including phenoxy) is 1. The lowest BCUT2D eigenvalue weighted by Crippen LogP contribution is -2.31. The van der Waals surface area contributed by atoms with Crippen molar-refractivity contribution in [2.75, 3.05) is 24.8 Å². The molecule has 128 valence electrons. The van der Waals surface area contributed by atoms with Crippen molar-refractivity contribution in [1.82, 2.24) is 9.88 Å². The summed E-state index contributed by atoms with van der Waals surface area (Å²) < 4.78 is 5.24. The molecule has 0 aliphatic carbocycles. The Kier molecular flexibility index (Phi) is 5.75. The number of amides is 3. The maximum Gasteiger partial charge on any atom is 0.321 e. The summed E-state index contributed by atoms with van der Waals surface area (Å²) in [6.07, 6.45) is 0. The fourth-order valence-corrected chi connectivity index (χ4v) is 2.68. The zero-order valence-electron chi connectivity index (χ0n) is 14.0. The first kappa shape index (κ1) is 17.7. The van der Waals surface area contributed by atoms with Crippen LogP contribution < -0.4 is 15.4 Å². The summed E-state index contributed by atoms with van der Waals surface area (Å²) in [7, 11) is 3.20. The van der Waals surface area contributed by atoms with E-state index in [4.69, 9.17) is 4.74 Å². The van der Waals surface area contributed by atoms with Crippen LogP contribution in [0.15, 0.2) is 23.6 Å². The van der Waals surface area contributed by atoms with Crippen LogP contribution in [0.4, 0.5) is 16.2 Å². The third-order valence-electron chi connectivity index (χ3n) is 3.18. The standard InChI is InChI=1S/C16H20N4O3S/c1-10(21)17-14-6-5-12(7-15(14)23-4)19-16(22)20(3)8-13-9-24-11(2)18-13/h5-7,9H,8H2,1-4H3,(H,17,21)(H,19,22). The topological polar surface area (TPSA) is 83.6 Å². The molecule has 1 heterocycles. The number of benzene rings is 1. The Morgan fingerprint density at radius 3 is 2.67 bits per heavy atom. The minimum Gasteiger partial charge on any atom is -0.494 e. The highest BCUT2D eigenvalue weighted by atomic mass is 32.1. The smallest absolute Gasteiger partial charge is 0.321 e. The number of hydrogen-bond donors (Lipinski definition) is 2. The SMILES string of the molecule is COc1cc(NC(=O)N(C)Cc2csc(C)n2)ccc1NC(C)=O. The number of thiazole rings is 1. The Bertz CT molecular complexity index is 745. The van der Waals surface area contributed by atoms with E-state index in [1.807, 2.05) is 12.3 Å². The maximum absolute atomic E-state index is 12.3. The van der Waals surface area contributed by atoms with E-state index in [1.165, 1.54) is 14.0 Å². The van der Waals surface area contributed by atoms with Gasteiger partial charge in [0.15, 0.2) is 0 Å². The molecule has 0 aliphatic rings. The van der Waals surface area contributed by atoms with Crippen molar-refractivity contribution in [1.29, 1.82) is 0 Å². The van der Waals surface area contributed by atoms with E-state index in [9.17, 15) is 9.59 Å². The van der Waals surface area contributed by atoms with Crippen LogP contribution in [0.5, 0.6) is 5.75 Å². The summed E-state index contributed by atoms with van der Waals surface area (Å²) in [5.41, 5.74) is 1.98. The first-order valence-corrected chi connectivity index (χ1v) is 8.15. The van der Waals surface area contributed by atoms with Gasteiger partial charge in [-0.2, -0.15) is 0 Å². The number of anilines is 2. The van der Waals surface area contributed by atoms with Gasteiger partial charge in [-0.05, 0) is 19.1 Å². The highest BCUT2D eigenvalue weighted by molar-refractivity contribution is 7.09. The predicted molar refractivity (Wildman–Crippen MR) is 94.6 cm³/mol. The summed E-state index contributed by atoms with van der Waals surface area (Å²) in [6, 6.07) is 4.78. The second-order valence-corrected chi connectivity index (χ2v) is 6.30. The second-order valence-electron chi connectivity index (χ2n) is 5.24. The van der Waals surface area contributed by atoms with Gasteiger partial charge in [0, 0.05) is 31.1 Å². The van der Waals surface area contributed by atoms with Crippen molar-refractivity contribution < 1.29 is 14.3 Å². The van der Waals surface area contributed by atoms with Crippen LogP contribution in [0.3, 0.4) is 0 Å². The number of hydrogen-bond acceptors (Lipinski definition) is 5. The molecule has 1 aromatic carbocycles. The molecule has 0 spiro atoms. The molecule has 2 aromatic rings. The highest BCUT2D eigenvalue weighted by Crippen LogP contribution is 2.28. The number of urea groups is 1. The van der Waals surface area contributed by atoms with Gasteiger partial charge in [-0.1, -0.05) is 0 Å². The third-order valence-corrected chi connectivity index (χ3v) is 4.00. The molecule has 0 aliphatic heterocycles. The Labute approximate surface area is 144 Å². The first-order valence-electron chi connectivity index (χ1n) is 7.27. The van der Waals surface area contributed by atoms with Crippen molar-refractivity contribution >= 4 is 34.6 Å². The molecule has 0 bridgehead atoms. The van der Waals surface area contributed by atoms with Crippen LogP contribution in [0.1, 0.15) is 17.6 Å². The minimum atomic E-state index is -0.255. The van der Waals surface area contributed by atoms with Gasteiger partial charge < -0.3 is 20.3 Å². The fraction of sp³-hybridized carbons (Fsp3) is 0.312. The number of carbonyl (C=O) groups is 2. The normalized spacial score (nSPS) is 10.2. The predicted octanol–water partition coefficient (Wildman–Crippen LogP) is 3.08. The molecule has 3 amide bonds. The average molecular weight is 348 g/mol. The Hall–Kier alpha value is -2.61. The van der Waals surface area contributed by atoms with Crippen molar-refractivity contribution in [2.24, 2.45) is 0 Å². The van der Waals surface area contributed by atoms with Gasteiger partial charge in [-0.15, -0.1) is 11.3 Å².